The van der Waals surface area contributed by atoms with Crippen LogP contribution >= 0.6 is 0 Å². The van der Waals surface area contributed by atoms with E-state index in [2.05, 4.69) is 0 Å². The number of carbonyl (C=O) groups excluding carboxylic acids is 1. The number of benzene rings is 2. The quantitative estimate of drug-likeness (QED) is 0.483. The lowest BCUT2D eigenvalue weighted by molar-refractivity contribution is -0.135. The van der Waals surface area contributed by atoms with E-state index in [1.165, 1.54) is 17.6 Å². The van der Waals surface area contributed by atoms with Crippen LogP contribution in [0, 0.1) is 6.92 Å². The fourth-order valence-electron chi connectivity index (χ4n) is 3.22. The molecule has 1 fully saturated rings. The number of sulfonamides is 1. The van der Waals surface area contributed by atoms with Gasteiger partial charge in [0.2, 0.25) is 10.0 Å². The van der Waals surface area contributed by atoms with E-state index in [0.717, 1.165) is 15.4 Å². The zero-order valence-corrected chi connectivity index (χ0v) is 16.8. The van der Waals surface area contributed by atoms with Crippen molar-refractivity contribution in [3.63, 3.8) is 0 Å². The molecule has 3 rings (SSSR count). The topological polar surface area (TPSA) is 116 Å². The molecule has 0 saturated carbocycles. The lowest BCUT2D eigenvalue weighted by Gasteiger charge is -2.35. The van der Waals surface area contributed by atoms with Crippen LogP contribution in [0.2, 0.25) is 0 Å². The lowest BCUT2D eigenvalue weighted by Crippen LogP contribution is -2.54. The van der Waals surface area contributed by atoms with Crippen LogP contribution in [-0.2, 0) is 21.4 Å². The van der Waals surface area contributed by atoms with E-state index < -0.39 is 28.1 Å². The molecule has 2 atom stereocenters. The number of aryl methyl sites for hydroxylation is 1. The summed E-state index contributed by atoms with van der Waals surface area (Å²) in [4.78, 5) is 11.9. The number of carbonyl (C=O) groups is 1. The predicted octanol–water partition coefficient (Wildman–Crippen LogP) is 1.59. The van der Waals surface area contributed by atoms with Crippen molar-refractivity contribution in [2.24, 2.45) is 0 Å². The van der Waals surface area contributed by atoms with Crippen LogP contribution in [-0.4, -0.2) is 47.6 Å². The second-order valence-electron chi connectivity index (χ2n) is 7.03. The number of nitrogens with one attached hydrogen (secondary N) is 1. The Bertz CT molecular complexity index is 944. The van der Waals surface area contributed by atoms with Crippen molar-refractivity contribution in [1.29, 1.82) is 0 Å². The third-order valence-corrected chi connectivity index (χ3v) is 6.82. The number of hydrogen-bond acceptors (Lipinski definition) is 6. The highest BCUT2D eigenvalue weighted by Gasteiger charge is 2.40. The van der Waals surface area contributed by atoms with Gasteiger partial charge in [-0.1, -0.05) is 29.8 Å². The smallest absolute Gasteiger partial charge is 0.261 e. The zero-order chi connectivity index (χ0) is 21.0. The van der Waals surface area contributed by atoms with Gasteiger partial charge in [-0.15, -0.1) is 0 Å². The molecule has 0 aromatic heterocycles. The van der Waals surface area contributed by atoms with Gasteiger partial charge in [-0.25, -0.2) is 13.9 Å². The van der Waals surface area contributed by atoms with Gasteiger partial charge < -0.3 is 9.84 Å². The Morgan fingerprint density at radius 2 is 1.83 bits per heavy atom. The molecule has 0 bridgehead atoms. The summed E-state index contributed by atoms with van der Waals surface area (Å²) in [6, 6.07) is 12.7. The van der Waals surface area contributed by atoms with Gasteiger partial charge in [0.15, 0.2) is 0 Å². The fourth-order valence-corrected chi connectivity index (χ4v) is 4.83. The van der Waals surface area contributed by atoms with Crippen molar-refractivity contribution in [3.05, 3.63) is 59.7 Å². The van der Waals surface area contributed by atoms with Crippen molar-refractivity contribution in [1.82, 2.24) is 9.79 Å². The summed E-state index contributed by atoms with van der Waals surface area (Å²) in [6.45, 7) is 2.34. The first-order valence-corrected chi connectivity index (χ1v) is 10.7. The van der Waals surface area contributed by atoms with Gasteiger partial charge in [0.05, 0.1) is 11.0 Å². The molecule has 0 radical (unpaired) electrons. The van der Waals surface area contributed by atoms with E-state index in [-0.39, 0.29) is 24.3 Å². The number of rotatable bonds is 6. The van der Waals surface area contributed by atoms with Gasteiger partial charge >= 0.3 is 0 Å². The largest absolute Gasteiger partial charge is 0.489 e. The number of nitrogens with zero attached hydrogens (tertiary/aromatic N) is 1. The molecule has 1 heterocycles. The summed E-state index contributed by atoms with van der Waals surface area (Å²) in [6.07, 6.45) is -0.670. The molecule has 2 aromatic rings. The number of aliphatic hydroxyl groups is 1. The molecule has 1 amide bonds. The second-order valence-corrected chi connectivity index (χ2v) is 8.92. The minimum Gasteiger partial charge on any atom is -0.489 e. The third kappa shape index (κ3) is 4.94. The summed E-state index contributed by atoms with van der Waals surface area (Å²) < 4.78 is 32.7. The Hall–Kier alpha value is -2.46. The van der Waals surface area contributed by atoms with Gasteiger partial charge in [0, 0.05) is 6.54 Å². The Balaban J connectivity index is 1.73. The highest BCUT2D eigenvalue weighted by Crippen LogP contribution is 2.27. The summed E-state index contributed by atoms with van der Waals surface area (Å²) in [7, 11) is -3.98. The van der Waals surface area contributed by atoms with E-state index in [4.69, 9.17) is 9.94 Å². The molecule has 0 spiro atoms. The molecule has 1 aliphatic rings. The van der Waals surface area contributed by atoms with Gasteiger partial charge in [-0.3, -0.25) is 10.0 Å². The molecule has 1 saturated heterocycles. The highest BCUT2D eigenvalue weighted by molar-refractivity contribution is 7.89. The van der Waals surface area contributed by atoms with Crippen LogP contribution in [0.3, 0.4) is 0 Å². The van der Waals surface area contributed by atoms with Gasteiger partial charge in [-0.05, 0) is 49.6 Å². The second kappa shape index (κ2) is 8.91. The molecular formula is C20H24N2O6S. The Labute approximate surface area is 169 Å². The molecule has 156 valence electrons. The first-order chi connectivity index (χ1) is 13.8. The number of hydrogen-bond donors (Lipinski definition) is 3. The average molecular weight is 420 g/mol. The molecule has 8 nitrogen and oxygen atoms in total. The summed E-state index contributed by atoms with van der Waals surface area (Å²) in [5.41, 5.74) is 3.63. The minimum absolute atomic E-state index is 0.00677. The zero-order valence-electron chi connectivity index (χ0n) is 16.0. The van der Waals surface area contributed by atoms with Crippen molar-refractivity contribution < 1.29 is 28.3 Å². The molecule has 2 unspecified atom stereocenters. The van der Waals surface area contributed by atoms with E-state index in [1.54, 1.807) is 12.1 Å². The standard InChI is InChI=1S/C20H24N2O6S/c1-14-2-4-15(5-3-14)13-28-17-6-8-18(9-7-17)29(26,27)22-11-10-16(23)12-19(22)20(24)21-25/h2-9,16,19,23,25H,10-13H2,1H3,(H,21,24). The van der Waals surface area contributed by atoms with E-state index in [0.29, 0.717) is 12.4 Å². The first kappa shape index (κ1) is 21.3. The van der Waals surface area contributed by atoms with Crippen LogP contribution in [0.5, 0.6) is 5.75 Å². The molecule has 29 heavy (non-hydrogen) atoms. The number of aliphatic hydroxyl groups excluding tert-OH is 1. The Kier molecular flexibility index (Phi) is 6.53. The summed E-state index contributed by atoms with van der Waals surface area (Å²) in [5.74, 6) is -0.353. The summed E-state index contributed by atoms with van der Waals surface area (Å²) >= 11 is 0. The maximum atomic E-state index is 13.0. The number of hydroxylamine groups is 1. The van der Waals surface area contributed by atoms with Gasteiger partial charge in [-0.2, -0.15) is 4.31 Å². The maximum absolute atomic E-state index is 13.0. The maximum Gasteiger partial charge on any atom is 0.261 e. The number of amides is 1. The van der Waals surface area contributed by atoms with E-state index in [1.807, 2.05) is 31.2 Å². The van der Waals surface area contributed by atoms with Crippen molar-refractivity contribution >= 4 is 15.9 Å². The minimum atomic E-state index is -3.98. The predicted molar refractivity (Wildman–Crippen MR) is 105 cm³/mol. The Morgan fingerprint density at radius 3 is 2.45 bits per heavy atom. The monoisotopic (exact) mass is 420 g/mol. The molecule has 9 heteroatoms. The molecular weight excluding hydrogens is 396 g/mol. The molecule has 0 aliphatic carbocycles. The molecule has 3 N–H and O–H groups in total. The first-order valence-electron chi connectivity index (χ1n) is 9.23. The van der Waals surface area contributed by atoms with Crippen LogP contribution < -0.4 is 10.2 Å². The van der Waals surface area contributed by atoms with E-state index in [9.17, 15) is 18.3 Å². The van der Waals surface area contributed by atoms with Gasteiger partial charge in [0.1, 0.15) is 18.4 Å². The van der Waals surface area contributed by atoms with Crippen LogP contribution in [0.15, 0.2) is 53.4 Å². The average Bonchev–Trinajstić information content (AvgIpc) is 2.72. The third-order valence-electron chi connectivity index (χ3n) is 4.89. The van der Waals surface area contributed by atoms with Crippen LogP contribution in [0.25, 0.3) is 0 Å². The van der Waals surface area contributed by atoms with Gasteiger partial charge in [0.25, 0.3) is 5.91 Å². The summed E-state index contributed by atoms with van der Waals surface area (Å²) in [5, 5.41) is 18.7. The molecule has 1 aliphatic heterocycles. The number of piperidine rings is 1. The van der Waals surface area contributed by atoms with Crippen LogP contribution in [0.1, 0.15) is 24.0 Å². The van der Waals surface area contributed by atoms with Crippen molar-refractivity contribution in [2.75, 3.05) is 6.54 Å². The Morgan fingerprint density at radius 1 is 1.17 bits per heavy atom. The lowest BCUT2D eigenvalue weighted by atomic mass is 10.0. The highest BCUT2D eigenvalue weighted by atomic mass is 32.2. The van der Waals surface area contributed by atoms with Crippen molar-refractivity contribution in [2.45, 2.75) is 43.4 Å². The fraction of sp³-hybridized carbons (Fsp3) is 0.350. The normalized spacial score (nSPS) is 20.2. The van der Waals surface area contributed by atoms with Crippen molar-refractivity contribution in [3.8, 4) is 5.75 Å². The van der Waals surface area contributed by atoms with Crippen LogP contribution in [0.4, 0.5) is 0 Å². The molecule has 2 aromatic carbocycles. The SMILES string of the molecule is Cc1ccc(COc2ccc(S(=O)(=O)N3CCC(O)CC3C(=O)NO)cc2)cc1. The van der Waals surface area contributed by atoms with E-state index >= 15 is 0 Å². The number of ether oxygens (including phenoxy) is 1.